The topological polar surface area (TPSA) is 57.5 Å². The zero-order valence-corrected chi connectivity index (χ0v) is 8.77. The molecule has 1 rings (SSSR count). The van der Waals surface area contributed by atoms with Crippen molar-refractivity contribution in [2.75, 3.05) is 0 Å². The van der Waals surface area contributed by atoms with Crippen LogP contribution in [0.4, 0.5) is 0 Å². The van der Waals surface area contributed by atoms with E-state index in [0.717, 1.165) is 6.08 Å². The van der Waals surface area contributed by atoms with Gasteiger partial charge in [-0.3, -0.25) is 0 Å². The molecule has 0 aromatic heterocycles. The fourth-order valence-electron chi connectivity index (χ4n) is 1.39. The number of para-hydroxylation sites is 1. The number of aromatic hydroxyl groups is 1. The number of phenols is 1. The molecule has 0 aliphatic rings. The third-order valence-corrected chi connectivity index (χ3v) is 2.24. The Morgan fingerprint density at radius 3 is 2.47 bits per heavy atom. The number of aliphatic carboxylic acids is 1. The zero-order valence-electron chi connectivity index (χ0n) is 8.77. The molecule has 0 radical (unpaired) electrons. The van der Waals surface area contributed by atoms with E-state index in [1.54, 1.807) is 24.3 Å². The molecule has 0 fully saturated rings. The number of carboxylic acids is 1. The Balaban J connectivity index is 3.06. The van der Waals surface area contributed by atoms with Gasteiger partial charge in [0, 0.05) is 17.1 Å². The van der Waals surface area contributed by atoms with Gasteiger partial charge in [0.2, 0.25) is 0 Å². The van der Waals surface area contributed by atoms with E-state index in [2.05, 4.69) is 0 Å². The highest BCUT2D eigenvalue weighted by Crippen LogP contribution is 2.31. The number of allylic oxidation sites excluding steroid dienone is 1. The molecule has 0 unspecified atom stereocenters. The van der Waals surface area contributed by atoms with E-state index in [1.165, 1.54) is 0 Å². The number of hydrogen-bond donors (Lipinski definition) is 2. The lowest BCUT2D eigenvalue weighted by atomic mass is 9.84. The summed E-state index contributed by atoms with van der Waals surface area (Å²) in [6.07, 6.45) is 2.65. The second-order valence-corrected chi connectivity index (χ2v) is 3.91. The van der Waals surface area contributed by atoms with E-state index in [1.807, 2.05) is 19.9 Å². The first-order chi connectivity index (χ1) is 6.93. The molecule has 80 valence electrons. The highest BCUT2D eigenvalue weighted by Gasteiger charge is 2.20. The fourth-order valence-corrected chi connectivity index (χ4v) is 1.39. The number of benzene rings is 1. The first-order valence-electron chi connectivity index (χ1n) is 4.64. The first-order valence-corrected chi connectivity index (χ1v) is 4.64. The quantitative estimate of drug-likeness (QED) is 0.746. The molecule has 0 bridgehead atoms. The molecule has 15 heavy (non-hydrogen) atoms. The van der Waals surface area contributed by atoms with E-state index < -0.39 is 11.4 Å². The van der Waals surface area contributed by atoms with Gasteiger partial charge in [0.15, 0.2) is 0 Å². The van der Waals surface area contributed by atoms with Crippen LogP contribution in [0.25, 0.3) is 0 Å². The number of carbonyl (C=O) groups is 1. The summed E-state index contributed by atoms with van der Waals surface area (Å²) in [5.41, 5.74) is 0.214. The van der Waals surface area contributed by atoms with Crippen LogP contribution in [0.2, 0.25) is 0 Å². The van der Waals surface area contributed by atoms with Gasteiger partial charge in [0.25, 0.3) is 0 Å². The summed E-state index contributed by atoms with van der Waals surface area (Å²) in [5.74, 6) is -0.809. The maximum absolute atomic E-state index is 10.4. The van der Waals surface area contributed by atoms with Crippen molar-refractivity contribution in [3.8, 4) is 5.75 Å². The van der Waals surface area contributed by atoms with Gasteiger partial charge < -0.3 is 10.2 Å². The van der Waals surface area contributed by atoms with Gasteiger partial charge in [-0.15, -0.1) is 0 Å². The highest BCUT2D eigenvalue weighted by atomic mass is 16.4. The first kappa shape index (κ1) is 11.3. The van der Waals surface area contributed by atoms with Crippen molar-refractivity contribution in [2.45, 2.75) is 19.3 Å². The van der Waals surface area contributed by atoms with Crippen LogP contribution in [0.5, 0.6) is 5.75 Å². The molecule has 1 aromatic carbocycles. The summed E-state index contributed by atoms with van der Waals surface area (Å²) in [7, 11) is 0. The van der Waals surface area contributed by atoms with Gasteiger partial charge in [-0.25, -0.2) is 4.79 Å². The number of hydrogen-bond acceptors (Lipinski definition) is 2. The second-order valence-electron chi connectivity index (χ2n) is 3.91. The Hall–Kier alpha value is -1.77. The van der Waals surface area contributed by atoms with Crippen LogP contribution in [0.1, 0.15) is 19.4 Å². The summed E-state index contributed by atoms with van der Waals surface area (Å²) in [6, 6.07) is 6.91. The van der Waals surface area contributed by atoms with Crippen molar-refractivity contribution in [1.82, 2.24) is 0 Å². The van der Waals surface area contributed by atoms with Gasteiger partial charge >= 0.3 is 5.97 Å². The molecular weight excluding hydrogens is 192 g/mol. The van der Waals surface area contributed by atoms with Crippen molar-refractivity contribution >= 4 is 5.97 Å². The van der Waals surface area contributed by atoms with Crippen LogP contribution in [-0.4, -0.2) is 16.2 Å². The van der Waals surface area contributed by atoms with E-state index in [4.69, 9.17) is 5.11 Å². The predicted molar refractivity (Wildman–Crippen MR) is 57.9 cm³/mol. The Morgan fingerprint density at radius 2 is 1.93 bits per heavy atom. The normalized spacial score (nSPS) is 11.9. The summed E-state index contributed by atoms with van der Waals surface area (Å²) in [5, 5.41) is 18.2. The smallest absolute Gasteiger partial charge is 0.328 e. The molecule has 0 aliphatic carbocycles. The van der Waals surface area contributed by atoms with Gasteiger partial charge in [-0.1, -0.05) is 38.1 Å². The van der Waals surface area contributed by atoms with Crippen molar-refractivity contribution in [3.63, 3.8) is 0 Å². The molecular formula is C12H14O3. The van der Waals surface area contributed by atoms with Crippen LogP contribution in [0, 0.1) is 0 Å². The van der Waals surface area contributed by atoms with Crippen LogP contribution < -0.4 is 0 Å². The van der Waals surface area contributed by atoms with Gasteiger partial charge in [-0.2, -0.15) is 0 Å². The van der Waals surface area contributed by atoms with Gasteiger partial charge in [0.1, 0.15) is 5.75 Å². The summed E-state index contributed by atoms with van der Waals surface area (Å²) in [6.45, 7) is 3.70. The molecule has 0 aliphatic heterocycles. The van der Waals surface area contributed by atoms with Crippen LogP contribution in [0.3, 0.4) is 0 Å². The van der Waals surface area contributed by atoms with Crippen LogP contribution in [-0.2, 0) is 10.2 Å². The average Bonchev–Trinajstić information content (AvgIpc) is 2.15. The van der Waals surface area contributed by atoms with E-state index in [0.29, 0.717) is 5.56 Å². The van der Waals surface area contributed by atoms with Crippen molar-refractivity contribution in [3.05, 3.63) is 42.0 Å². The minimum absolute atomic E-state index is 0.178. The van der Waals surface area contributed by atoms with E-state index in [9.17, 15) is 9.90 Å². The molecule has 0 atom stereocenters. The highest BCUT2D eigenvalue weighted by molar-refractivity contribution is 5.80. The summed E-state index contributed by atoms with van der Waals surface area (Å²) in [4.78, 5) is 10.4. The fraction of sp³-hybridized carbons (Fsp3) is 0.250. The molecule has 1 aromatic rings. The van der Waals surface area contributed by atoms with Gasteiger partial charge in [-0.05, 0) is 6.07 Å². The molecule has 3 heteroatoms. The third-order valence-electron chi connectivity index (χ3n) is 2.24. The van der Waals surface area contributed by atoms with E-state index in [-0.39, 0.29) is 5.75 Å². The SMILES string of the molecule is CC(C)(C=CC(=O)O)c1ccccc1O. The minimum Gasteiger partial charge on any atom is -0.508 e. The van der Waals surface area contributed by atoms with Gasteiger partial charge in [0.05, 0.1) is 0 Å². The largest absolute Gasteiger partial charge is 0.508 e. The maximum atomic E-state index is 10.4. The number of phenolic OH excluding ortho intramolecular Hbond substituents is 1. The molecule has 0 spiro atoms. The zero-order chi connectivity index (χ0) is 11.5. The predicted octanol–water partition coefficient (Wildman–Crippen LogP) is 2.31. The Kier molecular flexibility index (Phi) is 3.14. The van der Waals surface area contributed by atoms with Crippen LogP contribution >= 0.6 is 0 Å². The monoisotopic (exact) mass is 206 g/mol. The van der Waals surface area contributed by atoms with Crippen molar-refractivity contribution < 1.29 is 15.0 Å². The second kappa shape index (κ2) is 4.17. The molecule has 0 saturated carbocycles. The summed E-state index contributed by atoms with van der Waals surface area (Å²) < 4.78 is 0. The average molecular weight is 206 g/mol. The minimum atomic E-state index is -0.988. The molecule has 2 N–H and O–H groups in total. The number of rotatable bonds is 3. The van der Waals surface area contributed by atoms with Crippen LogP contribution in [0.15, 0.2) is 36.4 Å². The number of carboxylic acid groups (broad SMARTS) is 1. The molecule has 3 nitrogen and oxygen atoms in total. The molecule has 0 heterocycles. The van der Waals surface area contributed by atoms with Crippen molar-refractivity contribution in [2.24, 2.45) is 0 Å². The standard InChI is InChI=1S/C12H14O3/c1-12(2,8-7-11(14)15)9-5-3-4-6-10(9)13/h3-8,13H,1-2H3,(H,14,15). The molecule has 0 amide bonds. The lowest BCUT2D eigenvalue weighted by Crippen LogP contribution is -2.14. The lowest BCUT2D eigenvalue weighted by molar-refractivity contribution is -0.131. The van der Waals surface area contributed by atoms with E-state index >= 15 is 0 Å². The summed E-state index contributed by atoms with van der Waals surface area (Å²) >= 11 is 0. The Bertz CT molecular complexity index is 392. The molecule has 0 saturated heterocycles. The Morgan fingerprint density at radius 1 is 1.33 bits per heavy atom. The third kappa shape index (κ3) is 2.84. The lowest BCUT2D eigenvalue weighted by Gasteiger charge is -2.21. The maximum Gasteiger partial charge on any atom is 0.328 e. The Labute approximate surface area is 88.7 Å². The van der Waals surface area contributed by atoms with Crippen molar-refractivity contribution in [1.29, 1.82) is 0 Å².